The Morgan fingerprint density at radius 2 is 1.94 bits per heavy atom. The lowest BCUT2D eigenvalue weighted by atomic mass is 10.0. The number of hydrogen-bond acceptors (Lipinski definition) is 5. The average molecular weight is 466 g/mol. The number of imidazole rings is 1. The first-order chi connectivity index (χ1) is 15.8. The fraction of sp³-hybridized carbons (Fsp3) is 0.440. The molecule has 1 aromatic carbocycles. The summed E-state index contributed by atoms with van der Waals surface area (Å²) in [6, 6.07) is 7.40. The molecule has 0 spiro atoms. The SMILES string of the molecule is Cc1cn(C(C(=O)N2CCCC2C(=O)NCc2ccc(-c3scnc3C)cc2)C(C)C)cn1. The van der Waals surface area contributed by atoms with Crippen LogP contribution >= 0.6 is 11.3 Å². The van der Waals surface area contributed by atoms with Crippen molar-refractivity contribution in [2.75, 3.05) is 6.54 Å². The van der Waals surface area contributed by atoms with Gasteiger partial charge in [0.1, 0.15) is 12.1 Å². The number of amides is 2. The Balaban J connectivity index is 1.40. The second-order valence-corrected chi connectivity index (χ2v) is 9.88. The molecule has 4 rings (SSSR count). The molecule has 2 atom stereocenters. The van der Waals surface area contributed by atoms with Gasteiger partial charge < -0.3 is 14.8 Å². The van der Waals surface area contributed by atoms with Crippen LogP contribution in [0.1, 0.15) is 49.7 Å². The van der Waals surface area contributed by atoms with E-state index < -0.39 is 6.04 Å². The number of nitrogens with one attached hydrogen (secondary N) is 1. The lowest BCUT2D eigenvalue weighted by Gasteiger charge is -2.30. The van der Waals surface area contributed by atoms with E-state index in [0.29, 0.717) is 19.5 Å². The number of hydrogen-bond donors (Lipinski definition) is 1. The third-order valence-corrected chi connectivity index (χ3v) is 7.18. The van der Waals surface area contributed by atoms with E-state index in [1.807, 2.05) is 56.1 Å². The van der Waals surface area contributed by atoms with Crippen LogP contribution in [-0.4, -0.2) is 43.8 Å². The summed E-state index contributed by atoms with van der Waals surface area (Å²) in [6.45, 7) is 9.02. The summed E-state index contributed by atoms with van der Waals surface area (Å²) in [5, 5.41) is 3.04. The normalized spacial score (nSPS) is 16.9. The summed E-state index contributed by atoms with van der Waals surface area (Å²) in [7, 11) is 0. The summed E-state index contributed by atoms with van der Waals surface area (Å²) in [4.78, 5) is 38.0. The highest BCUT2D eigenvalue weighted by atomic mass is 32.1. The topological polar surface area (TPSA) is 80.1 Å². The summed E-state index contributed by atoms with van der Waals surface area (Å²) in [5.41, 5.74) is 5.91. The van der Waals surface area contributed by atoms with Crippen molar-refractivity contribution in [2.24, 2.45) is 5.92 Å². The minimum Gasteiger partial charge on any atom is -0.350 e. The lowest BCUT2D eigenvalue weighted by Crippen LogP contribution is -2.48. The first-order valence-electron chi connectivity index (χ1n) is 11.4. The molecule has 8 heteroatoms. The largest absolute Gasteiger partial charge is 0.350 e. The van der Waals surface area contributed by atoms with Gasteiger partial charge in [0.05, 0.1) is 28.1 Å². The van der Waals surface area contributed by atoms with Crippen molar-refractivity contribution in [1.29, 1.82) is 0 Å². The molecule has 1 N–H and O–H groups in total. The van der Waals surface area contributed by atoms with Gasteiger partial charge in [-0.1, -0.05) is 38.1 Å². The fourth-order valence-electron chi connectivity index (χ4n) is 4.48. The van der Waals surface area contributed by atoms with Gasteiger partial charge in [0.25, 0.3) is 0 Å². The number of thiazole rings is 1. The summed E-state index contributed by atoms with van der Waals surface area (Å²) >= 11 is 1.63. The van der Waals surface area contributed by atoms with Gasteiger partial charge in [-0.3, -0.25) is 9.59 Å². The van der Waals surface area contributed by atoms with Crippen LogP contribution in [0.2, 0.25) is 0 Å². The number of carbonyl (C=O) groups excluding carboxylic acids is 2. The quantitative estimate of drug-likeness (QED) is 0.569. The minimum atomic E-state index is -0.428. The number of aromatic nitrogens is 3. The molecule has 3 aromatic rings. The number of rotatable bonds is 7. The van der Waals surface area contributed by atoms with E-state index in [-0.39, 0.29) is 23.8 Å². The van der Waals surface area contributed by atoms with Crippen molar-refractivity contribution < 1.29 is 9.59 Å². The maximum atomic E-state index is 13.5. The van der Waals surface area contributed by atoms with E-state index in [9.17, 15) is 9.59 Å². The predicted octanol–water partition coefficient (Wildman–Crippen LogP) is 4.13. The summed E-state index contributed by atoms with van der Waals surface area (Å²) < 4.78 is 1.88. The molecule has 1 saturated heterocycles. The molecule has 3 heterocycles. The van der Waals surface area contributed by atoms with Gasteiger partial charge in [0.15, 0.2) is 0 Å². The predicted molar refractivity (Wildman–Crippen MR) is 130 cm³/mol. The van der Waals surface area contributed by atoms with Gasteiger partial charge >= 0.3 is 0 Å². The number of aryl methyl sites for hydroxylation is 2. The molecule has 7 nitrogen and oxygen atoms in total. The van der Waals surface area contributed by atoms with Crippen molar-refractivity contribution >= 4 is 23.2 Å². The van der Waals surface area contributed by atoms with E-state index in [2.05, 4.69) is 27.4 Å². The molecule has 0 aliphatic carbocycles. The van der Waals surface area contributed by atoms with Crippen LogP contribution in [0.15, 0.2) is 42.3 Å². The Labute approximate surface area is 198 Å². The van der Waals surface area contributed by atoms with E-state index in [4.69, 9.17) is 0 Å². The summed E-state index contributed by atoms with van der Waals surface area (Å²) in [6.07, 6.45) is 5.13. The lowest BCUT2D eigenvalue weighted by molar-refractivity contribution is -0.142. The molecule has 0 radical (unpaired) electrons. The molecule has 33 heavy (non-hydrogen) atoms. The zero-order valence-corrected chi connectivity index (χ0v) is 20.4. The average Bonchev–Trinajstić information content (AvgIpc) is 3.53. The Hall–Kier alpha value is -3.00. The van der Waals surface area contributed by atoms with Crippen molar-refractivity contribution in [1.82, 2.24) is 24.8 Å². The maximum Gasteiger partial charge on any atom is 0.246 e. The zero-order valence-electron chi connectivity index (χ0n) is 19.6. The van der Waals surface area contributed by atoms with Gasteiger partial charge in [0, 0.05) is 19.3 Å². The molecule has 1 aliphatic heterocycles. The highest BCUT2D eigenvalue weighted by molar-refractivity contribution is 7.13. The molecule has 1 fully saturated rings. The molecule has 0 saturated carbocycles. The molecule has 2 amide bonds. The van der Waals surface area contributed by atoms with Crippen molar-refractivity contribution in [3.8, 4) is 10.4 Å². The van der Waals surface area contributed by atoms with Gasteiger partial charge in [-0.15, -0.1) is 11.3 Å². The highest BCUT2D eigenvalue weighted by Crippen LogP contribution is 2.28. The van der Waals surface area contributed by atoms with Crippen molar-refractivity contribution in [2.45, 2.75) is 59.2 Å². The van der Waals surface area contributed by atoms with E-state index >= 15 is 0 Å². The van der Waals surface area contributed by atoms with E-state index in [0.717, 1.165) is 28.9 Å². The van der Waals surface area contributed by atoms with E-state index in [1.54, 1.807) is 22.6 Å². The number of carbonyl (C=O) groups is 2. The van der Waals surface area contributed by atoms with Crippen LogP contribution in [0.5, 0.6) is 0 Å². The molecular formula is C25H31N5O2S. The zero-order chi connectivity index (χ0) is 23.5. The highest BCUT2D eigenvalue weighted by Gasteiger charge is 2.38. The van der Waals surface area contributed by atoms with Crippen LogP contribution < -0.4 is 5.32 Å². The van der Waals surface area contributed by atoms with Crippen LogP contribution in [0.4, 0.5) is 0 Å². The Morgan fingerprint density at radius 1 is 1.18 bits per heavy atom. The van der Waals surface area contributed by atoms with Crippen molar-refractivity contribution in [3.05, 3.63) is 59.3 Å². The number of likely N-dealkylation sites (tertiary alicyclic amines) is 1. The maximum absolute atomic E-state index is 13.5. The van der Waals surface area contributed by atoms with Crippen LogP contribution in [0.3, 0.4) is 0 Å². The smallest absolute Gasteiger partial charge is 0.246 e. The third-order valence-electron chi connectivity index (χ3n) is 6.20. The number of nitrogens with zero attached hydrogens (tertiary/aromatic N) is 4. The molecule has 2 unspecified atom stereocenters. The standard InChI is InChI=1S/C25H31N5O2S/c1-16(2)22(29-13-17(3)27-14-29)25(32)30-11-5-6-21(30)24(31)26-12-19-7-9-20(10-8-19)23-18(4)28-15-33-23/h7-10,13-16,21-22H,5-6,11-12H2,1-4H3,(H,26,31). The molecule has 0 bridgehead atoms. The van der Waals surface area contributed by atoms with Crippen molar-refractivity contribution in [3.63, 3.8) is 0 Å². The second-order valence-electron chi connectivity index (χ2n) is 9.02. The first-order valence-corrected chi connectivity index (χ1v) is 12.3. The molecule has 1 aliphatic rings. The Bertz CT molecular complexity index is 1120. The van der Waals surface area contributed by atoms with Crippen LogP contribution in [-0.2, 0) is 16.1 Å². The van der Waals surface area contributed by atoms with Crippen LogP contribution in [0.25, 0.3) is 10.4 Å². The van der Waals surface area contributed by atoms with Gasteiger partial charge in [-0.25, -0.2) is 9.97 Å². The summed E-state index contributed by atoms with van der Waals surface area (Å²) in [5.74, 6) is -0.00650. The van der Waals surface area contributed by atoms with Gasteiger partial charge in [0.2, 0.25) is 11.8 Å². The van der Waals surface area contributed by atoms with Gasteiger partial charge in [-0.05, 0) is 43.7 Å². The minimum absolute atomic E-state index is 0.00988. The fourth-order valence-corrected chi connectivity index (χ4v) is 5.29. The third kappa shape index (κ3) is 5.00. The Morgan fingerprint density at radius 3 is 2.55 bits per heavy atom. The molecular weight excluding hydrogens is 434 g/mol. The second kappa shape index (κ2) is 9.87. The number of benzene rings is 1. The Kier molecular flexibility index (Phi) is 6.93. The molecule has 2 aromatic heterocycles. The molecule has 174 valence electrons. The van der Waals surface area contributed by atoms with Gasteiger partial charge in [-0.2, -0.15) is 0 Å². The van der Waals surface area contributed by atoms with Crippen LogP contribution in [0, 0.1) is 19.8 Å². The van der Waals surface area contributed by atoms with E-state index in [1.165, 1.54) is 4.88 Å². The first kappa shape index (κ1) is 23.2. The monoisotopic (exact) mass is 465 g/mol.